The minimum absolute atomic E-state index is 0.0179. The van der Waals surface area contributed by atoms with Crippen molar-refractivity contribution >= 4 is 33.2 Å². The molecule has 23 heavy (non-hydrogen) atoms. The Balaban J connectivity index is 1.64. The first-order valence-electron chi connectivity index (χ1n) is 8.02. The fourth-order valence-electron chi connectivity index (χ4n) is 2.94. The summed E-state index contributed by atoms with van der Waals surface area (Å²) >= 11 is 3.41. The van der Waals surface area contributed by atoms with Gasteiger partial charge in [-0.05, 0) is 61.2 Å². The van der Waals surface area contributed by atoms with Crippen molar-refractivity contribution in [2.24, 2.45) is 0 Å². The van der Waals surface area contributed by atoms with Crippen LogP contribution in [0.4, 0.5) is 11.4 Å². The SMILES string of the molecule is Cc1cc(N2CCCC2)ccc1NC(=O)Cc1ccc(Br)cc1. The summed E-state index contributed by atoms with van der Waals surface area (Å²) in [6.45, 7) is 4.32. The van der Waals surface area contributed by atoms with Crippen LogP contribution in [0.15, 0.2) is 46.9 Å². The Kier molecular flexibility index (Phi) is 5.01. The van der Waals surface area contributed by atoms with E-state index < -0.39 is 0 Å². The third-order valence-electron chi connectivity index (χ3n) is 4.23. The van der Waals surface area contributed by atoms with Gasteiger partial charge in [0, 0.05) is 28.9 Å². The number of amides is 1. The molecule has 0 radical (unpaired) electrons. The van der Waals surface area contributed by atoms with Crippen LogP contribution in [0, 0.1) is 6.92 Å². The van der Waals surface area contributed by atoms with E-state index in [0.29, 0.717) is 6.42 Å². The van der Waals surface area contributed by atoms with Crippen LogP contribution in [-0.4, -0.2) is 19.0 Å². The summed E-state index contributed by atoms with van der Waals surface area (Å²) in [6, 6.07) is 14.1. The van der Waals surface area contributed by atoms with E-state index in [2.05, 4.69) is 45.2 Å². The van der Waals surface area contributed by atoms with E-state index in [4.69, 9.17) is 0 Å². The summed E-state index contributed by atoms with van der Waals surface area (Å²) in [5, 5.41) is 3.02. The highest BCUT2D eigenvalue weighted by Crippen LogP contribution is 2.25. The second kappa shape index (κ2) is 7.18. The largest absolute Gasteiger partial charge is 0.372 e. The van der Waals surface area contributed by atoms with Crippen LogP contribution in [0.5, 0.6) is 0 Å². The molecule has 2 aromatic rings. The summed E-state index contributed by atoms with van der Waals surface area (Å²) in [7, 11) is 0. The lowest BCUT2D eigenvalue weighted by molar-refractivity contribution is -0.115. The molecular weight excluding hydrogens is 352 g/mol. The number of hydrogen-bond donors (Lipinski definition) is 1. The number of carbonyl (C=O) groups excluding carboxylic acids is 1. The van der Waals surface area contributed by atoms with Crippen molar-refractivity contribution in [3.05, 3.63) is 58.1 Å². The standard InChI is InChI=1S/C19H21BrN2O/c1-14-12-17(22-10-2-3-11-22)8-9-18(14)21-19(23)13-15-4-6-16(20)7-5-15/h4-9,12H,2-3,10-11,13H2,1H3,(H,21,23). The van der Waals surface area contributed by atoms with Crippen LogP contribution in [0.25, 0.3) is 0 Å². The molecule has 0 aliphatic carbocycles. The molecule has 1 saturated heterocycles. The Morgan fingerprint density at radius 1 is 1.13 bits per heavy atom. The zero-order valence-corrected chi connectivity index (χ0v) is 14.9. The zero-order chi connectivity index (χ0) is 16.2. The Hall–Kier alpha value is -1.81. The lowest BCUT2D eigenvalue weighted by Gasteiger charge is -2.19. The highest BCUT2D eigenvalue weighted by Gasteiger charge is 2.13. The number of anilines is 2. The Bertz CT molecular complexity index is 691. The third-order valence-corrected chi connectivity index (χ3v) is 4.76. The van der Waals surface area contributed by atoms with Gasteiger partial charge in [0.2, 0.25) is 5.91 Å². The van der Waals surface area contributed by atoms with Crippen molar-refractivity contribution in [2.75, 3.05) is 23.3 Å². The molecule has 1 fully saturated rings. The quantitative estimate of drug-likeness (QED) is 0.854. The molecule has 0 bridgehead atoms. The predicted molar refractivity (Wildman–Crippen MR) is 99.1 cm³/mol. The van der Waals surface area contributed by atoms with Gasteiger partial charge >= 0.3 is 0 Å². The molecule has 3 nitrogen and oxygen atoms in total. The maximum atomic E-state index is 12.2. The van der Waals surface area contributed by atoms with Gasteiger partial charge in [-0.25, -0.2) is 0 Å². The second-order valence-corrected chi connectivity index (χ2v) is 6.96. The Morgan fingerprint density at radius 2 is 1.83 bits per heavy atom. The van der Waals surface area contributed by atoms with Gasteiger partial charge in [-0.1, -0.05) is 28.1 Å². The average Bonchev–Trinajstić information content (AvgIpc) is 3.06. The van der Waals surface area contributed by atoms with E-state index in [-0.39, 0.29) is 5.91 Å². The van der Waals surface area contributed by atoms with E-state index in [0.717, 1.165) is 34.4 Å². The summed E-state index contributed by atoms with van der Waals surface area (Å²) < 4.78 is 1.02. The van der Waals surface area contributed by atoms with Gasteiger partial charge in [0.1, 0.15) is 0 Å². The van der Waals surface area contributed by atoms with E-state index >= 15 is 0 Å². The minimum atomic E-state index is 0.0179. The van der Waals surface area contributed by atoms with Crippen molar-refractivity contribution < 1.29 is 4.79 Å². The van der Waals surface area contributed by atoms with Gasteiger partial charge in [0.25, 0.3) is 0 Å². The summed E-state index contributed by atoms with van der Waals surface area (Å²) in [4.78, 5) is 14.6. The lowest BCUT2D eigenvalue weighted by atomic mass is 10.1. The Morgan fingerprint density at radius 3 is 2.48 bits per heavy atom. The van der Waals surface area contributed by atoms with Crippen LogP contribution in [0.1, 0.15) is 24.0 Å². The van der Waals surface area contributed by atoms with Crippen LogP contribution < -0.4 is 10.2 Å². The number of carbonyl (C=O) groups is 1. The maximum absolute atomic E-state index is 12.2. The molecule has 1 aliphatic rings. The first kappa shape index (κ1) is 16.1. The van der Waals surface area contributed by atoms with Crippen molar-refractivity contribution in [2.45, 2.75) is 26.2 Å². The molecule has 0 saturated carbocycles. The molecule has 4 heteroatoms. The van der Waals surface area contributed by atoms with Gasteiger partial charge in [0.15, 0.2) is 0 Å². The number of nitrogens with one attached hydrogen (secondary N) is 1. The van der Waals surface area contributed by atoms with Gasteiger partial charge in [0.05, 0.1) is 6.42 Å². The number of benzene rings is 2. The van der Waals surface area contributed by atoms with Gasteiger partial charge in [-0.3, -0.25) is 4.79 Å². The maximum Gasteiger partial charge on any atom is 0.228 e. The molecule has 1 N–H and O–H groups in total. The number of halogens is 1. The van der Waals surface area contributed by atoms with Crippen molar-refractivity contribution in [1.29, 1.82) is 0 Å². The minimum Gasteiger partial charge on any atom is -0.372 e. The van der Waals surface area contributed by atoms with E-state index in [1.54, 1.807) is 0 Å². The Labute approximate surface area is 145 Å². The van der Waals surface area contributed by atoms with Crippen molar-refractivity contribution in [1.82, 2.24) is 0 Å². The molecule has 0 aromatic heterocycles. The molecule has 0 unspecified atom stereocenters. The smallest absolute Gasteiger partial charge is 0.228 e. The topological polar surface area (TPSA) is 32.3 Å². The zero-order valence-electron chi connectivity index (χ0n) is 13.3. The normalized spacial score (nSPS) is 14.1. The number of hydrogen-bond acceptors (Lipinski definition) is 2. The lowest BCUT2D eigenvalue weighted by Crippen LogP contribution is -2.18. The highest BCUT2D eigenvalue weighted by molar-refractivity contribution is 9.10. The molecule has 1 heterocycles. The fraction of sp³-hybridized carbons (Fsp3) is 0.316. The molecule has 2 aromatic carbocycles. The fourth-order valence-corrected chi connectivity index (χ4v) is 3.21. The number of rotatable bonds is 4. The second-order valence-electron chi connectivity index (χ2n) is 6.04. The van der Waals surface area contributed by atoms with E-state index in [1.807, 2.05) is 30.3 Å². The van der Waals surface area contributed by atoms with Crippen LogP contribution in [-0.2, 0) is 11.2 Å². The number of aryl methyl sites for hydroxylation is 1. The molecule has 3 rings (SSSR count). The van der Waals surface area contributed by atoms with Crippen molar-refractivity contribution in [3.8, 4) is 0 Å². The number of nitrogens with zero attached hydrogens (tertiary/aromatic N) is 1. The first-order chi connectivity index (χ1) is 11.1. The van der Waals surface area contributed by atoms with Crippen LogP contribution >= 0.6 is 15.9 Å². The van der Waals surface area contributed by atoms with E-state index in [1.165, 1.54) is 18.5 Å². The van der Waals surface area contributed by atoms with E-state index in [9.17, 15) is 4.79 Å². The van der Waals surface area contributed by atoms with Gasteiger partial charge < -0.3 is 10.2 Å². The van der Waals surface area contributed by atoms with Crippen LogP contribution in [0.3, 0.4) is 0 Å². The third kappa shape index (κ3) is 4.14. The van der Waals surface area contributed by atoms with Gasteiger partial charge in [-0.15, -0.1) is 0 Å². The molecule has 120 valence electrons. The molecule has 1 aliphatic heterocycles. The van der Waals surface area contributed by atoms with Gasteiger partial charge in [-0.2, -0.15) is 0 Å². The van der Waals surface area contributed by atoms with Crippen LogP contribution in [0.2, 0.25) is 0 Å². The monoisotopic (exact) mass is 372 g/mol. The summed E-state index contributed by atoms with van der Waals surface area (Å²) in [5.41, 5.74) is 4.27. The van der Waals surface area contributed by atoms with Crippen molar-refractivity contribution in [3.63, 3.8) is 0 Å². The highest BCUT2D eigenvalue weighted by atomic mass is 79.9. The average molecular weight is 373 g/mol. The predicted octanol–water partition coefficient (Wildman–Crippen LogP) is 4.54. The summed E-state index contributed by atoms with van der Waals surface area (Å²) in [5.74, 6) is 0.0179. The summed E-state index contributed by atoms with van der Waals surface area (Å²) in [6.07, 6.45) is 2.93. The first-order valence-corrected chi connectivity index (χ1v) is 8.81. The molecular formula is C19H21BrN2O. The molecule has 1 amide bonds. The molecule has 0 atom stereocenters. The molecule has 0 spiro atoms.